The average molecular weight is 431 g/mol. The maximum Gasteiger partial charge on any atom is 2.00 e. The fourth-order valence-electron chi connectivity index (χ4n) is 2.68. The van der Waals surface area contributed by atoms with Gasteiger partial charge in [0, 0.05) is 30.7 Å². The predicted molar refractivity (Wildman–Crippen MR) is 95.3 cm³/mol. The molecule has 0 saturated carbocycles. The minimum absolute atomic E-state index is 0. The zero-order valence-corrected chi connectivity index (χ0v) is 15.5. The maximum absolute atomic E-state index is 4.68. The number of nitrogens with zero attached hydrogens (tertiary/aromatic N) is 4. The topological polar surface area (TPSA) is 43.6 Å². The smallest absolute Gasteiger partial charge is 0.266 e. The first kappa shape index (κ1) is 18.2. The van der Waals surface area contributed by atoms with Crippen LogP contribution >= 0.6 is 0 Å². The molecule has 0 unspecified atom stereocenters. The van der Waals surface area contributed by atoms with Gasteiger partial charge in [-0.2, -0.15) is 64.8 Å². The molecule has 0 bridgehead atoms. The van der Waals surface area contributed by atoms with Crippen molar-refractivity contribution in [2.24, 2.45) is 0 Å². The monoisotopic (exact) mass is 430 g/mol. The molecular weight excluding hydrogens is 415 g/mol. The fourth-order valence-corrected chi connectivity index (χ4v) is 2.68. The van der Waals surface area contributed by atoms with Crippen LogP contribution in [-0.4, -0.2) is 19.7 Å². The van der Waals surface area contributed by atoms with E-state index in [9.17, 15) is 0 Å². The van der Waals surface area contributed by atoms with Crippen LogP contribution in [0.4, 0.5) is 0 Å². The molecule has 4 rings (SSSR count). The van der Waals surface area contributed by atoms with Gasteiger partial charge in [0.05, 0.1) is 0 Å². The van der Waals surface area contributed by atoms with Crippen molar-refractivity contribution in [3.8, 4) is 5.69 Å². The minimum Gasteiger partial charge on any atom is -0.266 e. The van der Waals surface area contributed by atoms with Gasteiger partial charge in [0.25, 0.3) is 0 Å². The Labute approximate surface area is 166 Å². The van der Waals surface area contributed by atoms with E-state index in [0.717, 1.165) is 28.3 Å². The first-order chi connectivity index (χ1) is 12.4. The van der Waals surface area contributed by atoms with Crippen molar-refractivity contribution < 1.29 is 20.4 Å². The van der Waals surface area contributed by atoms with Crippen LogP contribution in [0, 0.1) is 12.1 Å². The first-order valence-corrected chi connectivity index (χ1v) is 8.14. The van der Waals surface area contributed by atoms with Crippen LogP contribution in [0.15, 0.2) is 73.2 Å². The number of rotatable bonds is 5. The van der Waals surface area contributed by atoms with Crippen molar-refractivity contribution in [1.29, 1.82) is 0 Å². The molecule has 0 aliphatic heterocycles. The van der Waals surface area contributed by atoms with Crippen molar-refractivity contribution in [3.05, 3.63) is 108 Å². The molecule has 2 heterocycles. The largest absolute Gasteiger partial charge is 2.00 e. The Balaban J connectivity index is 0.00000196. The van der Waals surface area contributed by atoms with Gasteiger partial charge in [0.15, 0.2) is 0 Å². The van der Waals surface area contributed by atoms with E-state index in [2.05, 4.69) is 33.3 Å². The van der Waals surface area contributed by atoms with Gasteiger partial charge in [-0.1, -0.05) is 0 Å². The van der Waals surface area contributed by atoms with E-state index in [0.29, 0.717) is 12.8 Å². The Morgan fingerprint density at radius 2 is 1.81 bits per heavy atom. The molecule has 26 heavy (non-hydrogen) atoms. The summed E-state index contributed by atoms with van der Waals surface area (Å²) in [7, 11) is 0. The summed E-state index contributed by atoms with van der Waals surface area (Å²) in [6, 6.07) is 24.4. The molecule has 0 aliphatic rings. The van der Waals surface area contributed by atoms with Crippen LogP contribution in [0.3, 0.4) is 0 Å². The van der Waals surface area contributed by atoms with Crippen molar-refractivity contribution in [2.75, 3.05) is 0 Å². The van der Waals surface area contributed by atoms with Gasteiger partial charge >= 0.3 is 20.4 Å². The van der Waals surface area contributed by atoms with Gasteiger partial charge in [0.2, 0.25) is 0 Å². The van der Waals surface area contributed by atoms with Gasteiger partial charge in [-0.15, -0.1) is 6.07 Å². The summed E-state index contributed by atoms with van der Waals surface area (Å²) in [5.74, 6) is 0.809. The van der Waals surface area contributed by atoms with Crippen molar-refractivity contribution in [2.45, 2.75) is 12.8 Å². The number of benzene rings is 2. The zero-order chi connectivity index (χ0) is 16.9. The molecule has 0 N–H and O–H groups in total. The fraction of sp³-hybridized carbons (Fsp3) is 0.0952. The van der Waals surface area contributed by atoms with Crippen molar-refractivity contribution in [1.82, 2.24) is 19.7 Å². The third kappa shape index (κ3) is 4.51. The standard InChI is InChI=1S/C21H16N4.Pd/c1-2-6-17(7-3-1)16-21-22-12-10-19(24-21)14-18-8-4-9-20(15-18)25-13-5-11-23-25;/h1-6,8-13H,14,16H2;/q-2;+2. The van der Waals surface area contributed by atoms with E-state index in [1.807, 2.05) is 60.9 Å². The molecule has 0 saturated heterocycles. The molecule has 2 aromatic carbocycles. The Bertz CT molecular complexity index is 953. The summed E-state index contributed by atoms with van der Waals surface area (Å²) in [5, 5.41) is 4.25. The molecule has 0 fully saturated rings. The molecule has 0 spiro atoms. The second-order valence-electron chi connectivity index (χ2n) is 5.72. The third-order valence-electron chi connectivity index (χ3n) is 3.85. The molecule has 5 heteroatoms. The van der Waals surface area contributed by atoms with Crippen LogP contribution in [0.2, 0.25) is 0 Å². The van der Waals surface area contributed by atoms with Crippen LogP contribution in [0.25, 0.3) is 5.69 Å². The van der Waals surface area contributed by atoms with Crippen molar-refractivity contribution >= 4 is 0 Å². The molecule has 4 nitrogen and oxygen atoms in total. The normalized spacial score (nSPS) is 10.3. The number of hydrogen-bond donors (Lipinski definition) is 0. The zero-order valence-electron chi connectivity index (χ0n) is 13.9. The third-order valence-corrected chi connectivity index (χ3v) is 3.85. The molecule has 0 aliphatic carbocycles. The SMILES string of the molecule is [Pd+2].[c-]1ccccc1Cc1nccc(Cc2[c-]c(-n3cccn3)ccc2)n1. The van der Waals surface area contributed by atoms with E-state index in [1.165, 1.54) is 0 Å². The molecule has 0 atom stereocenters. The molecule has 4 aromatic rings. The second-order valence-corrected chi connectivity index (χ2v) is 5.72. The maximum atomic E-state index is 4.68. The quantitative estimate of drug-likeness (QED) is 0.360. The number of aromatic nitrogens is 4. The van der Waals surface area contributed by atoms with Gasteiger partial charge in [-0.05, 0) is 24.2 Å². The number of hydrogen-bond acceptors (Lipinski definition) is 3. The Morgan fingerprint density at radius 3 is 2.62 bits per heavy atom. The van der Waals surface area contributed by atoms with Crippen LogP contribution in [0.1, 0.15) is 22.6 Å². The average Bonchev–Trinajstić information content (AvgIpc) is 3.18. The van der Waals surface area contributed by atoms with Crippen molar-refractivity contribution in [3.63, 3.8) is 0 Å². The molecular formula is C21H16N4Pd. The predicted octanol–water partition coefficient (Wildman–Crippen LogP) is 3.44. The summed E-state index contributed by atoms with van der Waals surface area (Å²) in [5.41, 5.74) is 4.07. The summed E-state index contributed by atoms with van der Waals surface area (Å²) < 4.78 is 1.81. The minimum atomic E-state index is 0. The van der Waals surface area contributed by atoms with E-state index in [1.54, 1.807) is 10.9 Å². The summed E-state index contributed by atoms with van der Waals surface area (Å²) in [6.07, 6.45) is 6.89. The Kier molecular flexibility index (Phi) is 6.06. The van der Waals surface area contributed by atoms with Gasteiger partial charge < -0.3 is 0 Å². The summed E-state index contributed by atoms with van der Waals surface area (Å²) in [6.45, 7) is 0. The van der Waals surface area contributed by atoms with E-state index in [4.69, 9.17) is 0 Å². The van der Waals surface area contributed by atoms with Gasteiger partial charge in [-0.25, -0.2) is 9.97 Å². The Morgan fingerprint density at radius 1 is 0.885 bits per heavy atom. The van der Waals surface area contributed by atoms with Crippen LogP contribution < -0.4 is 0 Å². The molecule has 130 valence electrons. The van der Waals surface area contributed by atoms with E-state index < -0.39 is 0 Å². The van der Waals surface area contributed by atoms with Crippen LogP contribution in [0.5, 0.6) is 0 Å². The molecule has 2 aromatic heterocycles. The summed E-state index contributed by atoms with van der Waals surface area (Å²) in [4.78, 5) is 9.06. The van der Waals surface area contributed by atoms with Gasteiger partial charge in [0.1, 0.15) is 5.82 Å². The summed E-state index contributed by atoms with van der Waals surface area (Å²) >= 11 is 0. The van der Waals surface area contributed by atoms with Crippen LogP contribution in [-0.2, 0) is 33.3 Å². The van der Waals surface area contributed by atoms with E-state index in [-0.39, 0.29) is 20.4 Å². The first-order valence-electron chi connectivity index (χ1n) is 8.14. The van der Waals surface area contributed by atoms with Gasteiger partial charge in [-0.3, -0.25) is 4.68 Å². The molecule has 0 radical (unpaired) electrons. The Hall–Kier alpha value is -2.61. The van der Waals surface area contributed by atoms with E-state index >= 15 is 0 Å². The molecule has 0 amide bonds. The second kappa shape index (κ2) is 8.66.